The molecule has 126 valence electrons. The van der Waals surface area contributed by atoms with Gasteiger partial charge in [0.1, 0.15) is 5.82 Å². The summed E-state index contributed by atoms with van der Waals surface area (Å²) >= 11 is 0. The highest BCUT2D eigenvalue weighted by Gasteiger charge is 2.18. The van der Waals surface area contributed by atoms with E-state index >= 15 is 0 Å². The normalized spacial score (nSPS) is 17.4. The number of carbonyl (C=O) groups is 1. The largest absolute Gasteiger partial charge is 0.315 e. The van der Waals surface area contributed by atoms with E-state index in [-0.39, 0.29) is 18.3 Å². The SMILES string of the molecule is Cl.O=C(Nc1ccnc2ccnn12)c1ccn(C2CCCNC2)n1. The Morgan fingerprint density at radius 1 is 1.29 bits per heavy atom. The van der Waals surface area contributed by atoms with Gasteiger partial charge in [0.25, 0.3) is 5.91 Å². The standard InChI is InChI=1S/C15H17N7O.ClH/c23-15(19-14-3-7-17-13-4-8-18-22(13)14)12-5-9-21(20-12)11-2-1-6-16-10-11;/h3-5,7-9,11,16H,1-2,6,10H2,(H,19,23);1H. The molecule has 0 radical (unpaired) electrons. The summed E-state index contributed by atoms with van der Waals surface area (Å²) in [7, 11) is 0. The van der Waals surface area contributed by atoms with Gasteiger partial charge in [-0.25, -0.2) is 4.98 Å². The molecule has 0 bridgehead atoms. The number of anilines is 1. The highest BCUT2D eigenvalue weighted by molar-refractivity contribution is 6.02. The second-order valence-electron chi connectivity index (χ2n) is 5.57. The van der Waals surface area contributed by atoms with Gasteiger partial charge in [-0.1, -0.05) is 0 Å². The van der Waals surface area contributed by atoms with E-state index in [0.29, 0.717) is 23.2 Å². The fourth-order valence-corrected chi connectivity index (χ4v) is 2.83. The van der Waals surface area contributed by atoms with Crippen molar-refractivity contribution >= 4 is 29.8 Å². The maximum Gasteiger partial charge on any atom is 0.277 e. The first kappa shape index (κ1) is 16.4. The summed E-state index contributed by atoms with van der Waals surface area (Å²) in [4.78, 5) is 16.6. The van der Waals surface area contributed by atoms with Crippen molar-refractivity contribution in [1.82, 2.24) is 29.7 Å². The van der Waals surface area contributed by atoms with Gasteiger partial charge in [0, 0.05) is 25.0 Å². The van der Waals surface area contributed by atoms with Crippen LogP contribution in [0.1, 0.15) is 29.4 Å². The molecule has 0 spiro atoms. The summed E-state index contributed by atoms with van der Waals surface area (Å²) in [5, 5.41) is 14.7. The number of carbonyl (C=O) groups excluding carboxylic acids is 1. The smallest absolute Gasteiger partial charge is 0.277 e. The minimum atomic E-state index is -0.254. The lowest BCUT2D eigenvalue weighted by molar-refractivity contribution is 0.102. The molecule has 4 rings (SSSR count). The quantitative estimate of drug-likeness (QED) is 0.750. The molecule has 24 heavy (non-hydrogen) atoms. The molecular formula is C15H18ClN7O. The van der Waals surface area contributed by atoms with Gasteiger partial charge in [-0.3, -0.25) is 9.48 Å². The van der Waals surface area contributed by atoms with Crippen molar-refractivity contribution in [3.63, 3.8) is 0 Å². The van der Waals surface area contributed by atoms with E-state index in [1.165, 1.54) is 0 Å². The maximum absolute atomic E-state index is 12.4. The van der Waals surface area contributed by atoms with E-state index in [4.69, 9.17) is 0 Å². The van der Waals surface area contributed by atoms with Crippen molar-refractivity contribution in [3.8, 4) is 0 Å². The van der Waals surface area contributed by atoms with E-state index in [0.717, 1.165) is 25.9 Å². The number of halogens is 1. The molecule has 0 aliphatic carbocycles. The Balaban J connectivity index is 0.00000169. The first-order chi connectivity index (χ1) is 11.3. The van der Waals surface area contributed by atoms with Crippen LogP contribution in [0.3, 0.4) is 0 Å². The molecule has 1 unspecified atom stereocenters. The van der Waals surface area contributed by atoms with Crippen LogP contribution in [0, 0.1) is 0 Å². The Hall–Kier alpha value is -2.45. The molecule has 1 aliphatic heterocycles. The average Bonchev–Trinajstić information content (AvgIpc) is 3.25. The summed E-state index contributed by atoms with van der Waals surface area (Å²) in [6, 6.07) is 5.54. The zero-order chi connectivity index (χ0) is 15.6. The van der Waals surface area contributed by atoms with Gasteiger partial charge in [-0.2, -0.15) is 14.7 Å². The molecule has 8 nitrogen and oxygen atoms in total. The molecule has 1 amide bonds. The minimum Gasteiger partial charge on any atom is -0.315 e. The van der Waals surface area contributed by atoms with Gasteiger partial charge in [-0.05, 0) is 31.5 Å². The average molecular weight is 348 g/mol. The van der Waals surface area contributed by atoms with Gasteiger partial charge in [-0.15, -0.1) is 12.4 Å². The number of piperidine rings is 1. The molecule has 2 N–H and O–H groups in total. The lowest BCUT2D eigenvalue weighted by Gasteiger charge is -2.22. The van der Waals surface area contributed by atoms with Crippen molar-refractivity contribution in [2.24, 2.45) is 0 Å². The molecular weight excluding hydrogens is 330 g/mol. The number of nitrogens with zero attached hydrogens (tertiary/aromatic N) is 5. The molecule has 0 aromatic carbocycles. The topological polar surface area (TPSA) is 89.1 Å². The summed E-state index contributed by atoms with van der Waals surface area (Å²) in [6.45, 7) is 1.94. The Labute approximate surface area is 144 Å². The van der Waals surface area contributed by atoms with Crippen LogP contribution < -0.4 is 10.6 Å². The van der Waals surface area contributed by atoms with Crippen LogP contribution in [0.25, 0.3) is 5.65 Å². The van der Waals surface area contributed by atoms with Crippen LogP contribution in [-0.4, -0.2) is 43.4 Å². The van der Waals surface area contributed by atoms with E-state index in [2.05, 4.69) is 25.8 Å². The third-order valence-corrected chi connectivity index (χ3v) is 4.02. The molecule has 1 atom stereocenters. The van der Waals surface area contributed by atoms with Crippen LogP contribution in [0.2, 0.25) is 0 Å². The third kappa shape index (κ3) is 3.10. The molecule has 3 aromatic heterocycles. The predicted octanol–water partition coefficient (Wildman–Crippen LogP) is 1.52. The monoisotopic (exact) mass is 347 g/mol. The van der Waals surface area contributed by atoms with Crippen molar-refractivity contribution in [2.45, 2.75) is 18.9 Å². The minimum absolute atomic E-state index is 0. The van der Waals surface area contributed by atoms with E-state index in [1.54, 1.807) is 35.1 Å². The Morgan fingerprint density at radius 3 is 3.04 bits per heavy atom. The number of nitrogens with one attached hydrogen (secondary N) is 2. The highest BCUT2D eigenvalue weighted by atomic mass is 35.5. The summed E-state index contributed by atoms with van der Waals surface area (Å²) in [6.07, 6.45) is 7.35. The summed E-state index contributed by atoms with van der Waals surface area (Å²) < 4.78 is 3.46. The van der Waals surface area contributed by atoms with Crippen LogP contribution in [0.15, 0.2) is 36.8 Å². The van der Waals surface area contributed by atoms with E-state index < -0.39 is 0 Å². The predicted molar refractivity (Wildman–Crippen MR) is 91.6 cm³/mol. The molecule has 9 heteroatoms. The van der Waals surface area contributed by atoms with Gasteiger partial charge in [0.15, 0.2) is 11.3 Å². The number of amides is 1. The van der Waals surface area contributed by atoms with Crippen molar-refractivity contribution in [3.05, 3.63) is 42.5 Å². The molecule has 1 aliphatic rings. The number of hydrogen-bond donors (Lipinski definition) is 2. The lowest BCUT2D eigenvalue weighted by Crippen LogP contribution is -2.32. The van der Waals surface area contributed by atoms with Crippen molar-refractivity contribution in [1.29, 1.82) is 0 Å². The Bertz CT molecular complexity index is 837. The van der Waals surface area contributed by atoms with Crippen molar-refractivity contribution in [2.75, 3.05) is 18.4 Å². The van der Waals surface area contributed by atoms with Crippen LogP contribution in [-0.2, 0) is 0 Å². The highest BCUT2D eigenvalue weighted by Crippen LogP contribution is 2.16. The molecule has 1 fully saturated rings. The molecule has 4 heterocycles. The molecule has 3 aromatic rings. The van der Waals surface area contributed by atoms with E-state index in [1.807, 2.05) is 10.9 Å². The van der Waals surface area contributed by atoms with Crippen molar-refractivity contribution < 1.29 is 4.79 Å². The third-order valence-electron chi connectivity index (χ3n) is 4.02. The van der Waals surface area contributed by atoms with E-state index in [9.17, 15) is 4.79 Å². The number of hydrogen-bond acceptors (Lipinski definition) is 5. The zero-order valence-electron chi connectivity index (χ0n) is 12.9. The Morgan fingerprint density at radius 2 is 2.21 bits per heavy atom. The van der Waals surface area contributed by atoms with Gasteiger partial charge in [0.2, 0.25) is 0 Å². The van der Waals surface area contributed by atoms with Gasteiger partial charge >= 0.3 is 0 Å². The molecule has 0 saturated carbocycles. The fourth-order valence-electron chi connectivity index (χ4n) is 2.83. The summed E-state index contributed by atoms with van der Waals surface area (Å²) in [5.74, 6) is 0.314. The van der Waals surface area contributed by atoms with Crippen LogP contribution in [0.5, 0.6) is 0 Å². The number of aromatic nitrogens is 5. The first-order valence-electron chi connectivity index (χ1n) is 7.67. The van der Waals surface area contributed by atoms with Gasteiger partial charge in [0.05, 0.1) is 12.2 Å². The Kier molecular flexibility index (Phi) is 4.77. The maximum atomic E-state index is 12.4. The molecule has 1 saturated heterocycles. The first-order valence-corrected chi connectivity index (χ1v) is 7.67. The lowest BCUT2D eigenvalue weighted by atomic mass is 10.1. The van der Waals surface area contributed by atoms with Gasteiger partial charge < -0.3 is 10.6 Å². The zero-order valence-corrected chi connectivity index (χ0v) is 13.7. The van der Waals surface area contributed by atoms with Crippen LogP contribution >= 0.6 is 12.4 Å². The fraction of sp³-hybridized carbons (Fsp3) is 0.333. The number of fused-ring (bicyclic) bond motifs is 1. The number of rotatable bonds is 3. The second-order valence-corrected chi connectivity index (χ2v) is 5.57. The summed E-state index contributed by atoms with van der Waals surface area (Å²) in [5.41, 5.74) is 1.08. The van der Waals surface area contributed by atoms with Crippen LogP contribution in [0.4, 0.5) is 5.82 Å². The second kappa shape index (κ2) is 6.98.